The molecule has 2 amide bonds. The average Bonchev–Trinajstić information content (AvgIpc) is 2.37. The zero-order valence-corrected chi connectivity index (χ0v) is 12.2. The largest absolute Gasteiger partial charge is 0.354 e. The van der Waals surface area contributed by atoms with Gasteiger partial charge in [0.25, 0.3) is 0 Å². The van der Waals surface area contributed by atoms with Gasteiger partial charge in [-0.2, -0.15) is 0 Å². The molecule has 4 nitrogen and oxygen atoms in total. The lowest BCUT2D eigenvalue weighted by Crippen LogP contribution is -2.40. The highest BCUT2D eigenvalue weighted by Gasteiger charge is 2.25. The lowest BCUT2D eigenvalue weighted by Gasteiger charge is -2.21. The van der Waals surface area contributed by atoms with Crippen LogP contribution < -0.4 is 10.6 Å². The van der Waals surface area contributed by atoms with Crippen molar-refractivity contribution < 1.29 is 9.59 Å². The highest BCUT2D eigenvalue weighted by Crippen LogP contribution is 2.26. The van der Waals surface area contributed by atoms with Crippen molar-refractivity contribution in [2.24, 2.45) is 0 Å². The number of nitrogens with one attached hydrogen (secondary N) is 2. The van der Waals surface area contributed by atoms with Crippen molar-refractivity contribution in [2.75, 3.05) is 17.6 Å². The van der Waals surface area contributed by atoms with Gasteiger partial charge in [-0.1, -0.05) is 23.2 Å². The first kappa shape index (κ1) is 14.5. The summed E-state index contributed by atoms with van der Waals surface area (Å²) in [6.45, 7) is 0.655. The van der Waals surface area contributed by atoms with Gasteiger partial charge in [0.2, 0.25) is 11.8 Å². The smallest absolute Gasteiger partial charge is 0.233 e. The van der Waals surface area contributed by atoms with Crippen LogP contribution in [0.5, 0.6) is 0 Å². The third-order valence-electron chi connectivity index (χ3n) is 2.59. The molecule has 0 aliphatic carbocycles. The SMILES string of the molecule is O=C(C[C@@H]1SCCNC1=O)Nc1cc(Cl)ccc1Cl. The van der Waals surface area contributed by atoms with Crippen LogP contribution in [0.3, 0.4) is 0 Å². The maximum atomic E-state index is 11.9. The number of rotatable bonds is 3. The lowest BCUT2D eigenvalue weighted by molar-refractivity contribution is -0.123. The maximum Gasteiger partial charge on any atom is 0.233 e. The van der Waals surface area contributed by atoms with Gasteiger partial charge in [-0.05, 0) is 18.2 Å². The first-order valence-corrected chi connectivity index (χ1v) is 7.51. The molecule has 1 aromatic rings. The van der Waals surface area contributed by atoms with E-state index in [0.29, 0.717) is 22.3 Å². The Bertz CT molecular complexity index is 511. The summed E-state index contributed by atoms with van der Waals surface area (Å²) in [6.07, 6.45) is 0.124. The molecule has 7 heteroatoms. The van der Waals surface area contributed by atoms with Crippen LogP contribution in [0.2, 0.25) is 10.0 Å². The van der Waals surface area contributed by atoms with Crippen molar-refractivity contribution in [1.82, 2.24) is 5.32 Å². The molecule has 0 bridgehead atoms. The standard InChI is InChI=1S/C12H12Cl2N2O2S/c13-7-1-2-8(14)9(5-7)16-11(17)6-10-12(18)15-3-4-19-10/h1-2,5,10H,3-4,6H2,(H,15,18)(H,16,17)/t10-/m0/s1. The van der Waals surface area contributed by atoms with E-state index in [2.05, 4.69) is 10.6 Å². The minimum absolute atomic E-state index is 0.0939. The van der Waals surface area contributed by atoms with Crippen molar-refractivity contribution in [3.8, 4) is 0 Å². The molecule has 0 spiro atoms. The lowest BCUT2D eigenvalue weighted by atomic mass is 10.2. The van der Waals surface area contributed by atoms with Crippen LogP contribution in [0, 0.1) is 0 Å². The monoisotopic (exact) mass is 318 g/mol. The van der Waals surface area contributed by atoms with Crippen LogP contribution in [-0.2, 0) is 9.59 Å². The van der Waals surface area contributed by atoms with Crippen LogP contribution in [0.15, 0.2) is 18.2 Å². The van der Waals surface area contributed by atoms with E-state index in [9.17, 15) is 9.59 Å². The predicted octanol–water partition coefficient (Wildman–Crippen LogP) is 2.55. The number of anilines is 1. The molecule has 1 saturated heterocycles. The van der Waals surface area contributed by atoms with Gasteiger partial charge in [-0.3, -0.25) is 9.59 Å². The first-order valence-electron chi connectivity index (χ1n) is 5.70. The van der Waals surface area contributed by atoms with E-state index in [0.717, 1.165) is 5.75 Å². The summed E-state index contributed by atoms with van der Waals surface area (Å²) in [6, 6.07) is 4.83. The number of hydrogen-bond acceptors (Lipinski definition) is 3. The van der Waals surface area contributed by atoms with Crippen molar-refractivity contribution in [2.45, 2.75) is 11.7 Å². The quantitative estimate of drug-likeness (QED) is 0.900. The van der Waals surface area contributed by atoms with E-state index < -0.39 is 0 Å². The summed E-state index contributed by atoms with van der Waals surface area (Å²) in [7, 11) is 0. The number of halogens is 2. The van der Waals surface area contributed by atoms with Crippen LogP contribution >= 0.6 is 35.0 Å². The Kier molecular flexibility index (Phi) is 4.96. The first-order chi connectivity index (χ1) is 9.06. The van der Waals surface area contributed by atoms with E-state index in [1.54, 1.807) is 18.2 Å². The number of thioether (sulfide) groups is 1. The van der Waals surface area contributed by atoms with Crippen LogP contribution in [0.1, 0.15) is 6.42 Å². The molecule has 102 valence electrons. The van der Waals surface area contributed by atoms with Crippen molar-refractivity contribution >= 4 is 52.5 Å². The summed E-state index contributed by atoms with van der Waals surface area (Å²) in [5, 5.41) is 5.97. The molecule has 1 aromatic carbocycles. The molecule has 2 rings (SSSR count). The Morgan fingerprint density at radius 3 is 3.00 bits per heavy atom. The van der Waals surface area contributed by atoms with Gasteiger partial charge in [-0.25, -0.2) is 0 Å². The zero-order chi connectivity index (χ0) is 13.8. The van der Waals surface area contributed by atoms with E-state index in [1.807, 2.05) is 0 Å². The Labute approximate surface area is 125 Å². The second kappa shape index (κ2) is 6.50. The van der Waals surface area contributed by atoms with E-state index in [-0.39, 0.29) is 23.5 Å². The van der Waals surface area contributed by atoms with Crippen LogP contribution in [0.25, 0.3) is 0 Å². The summed E-state index contributed by atoms with van der Waals surface area (Å²) < 4.78 is 0. The summed E-state index contributed by atoms with van der Waals surface area (Å²) in [4.78, 5) is 23.4. The molecule has 0 unspecified atom stereocenters. The minimum atomic E-state index is -0.341. The molecule has 0 saturated carbocycles. The molecule has 0 radical (unpaired) electrons. The van der Waals surface area contributed by atoms with Crippen molar-refractivity contribution in [3.05, 3.63) is 28.2 Å². The number of amides is 2. The van der Waals surface area contributed by atoms with Crippen LogP contribution in [0.4, 0.5) is 5.69 Å². The fraction of sp³-hybridized carbons (Fsp3) is 0.333. The maximum absolute atomic E-state index is 11.9. The molecule has 1 heterocycles. The van der Waals surface area contributed by atoms with Gasteiger partial charge in [-0.15, -0.1) is 11.8 Å². The summed E-state index contributed by atoms with van der Waals surface area (Å²) in [5.41, 5.74) is 0.459. The molecular formula is C12H12Cl2N2O2S. The molecule has 1 aliphatic heterocycles. The zero-order valence-electron chi connectivity index (χ0n) is 9.91. The van der Waals surface area contributed by atoms with Gasteiger partial charge in [0.1, 0.15) is 0 Å². The Morgan fingerprint density at radius 1 is 1.47 bits per heavy atom. The van der Waals surface area contributed by atoms with Gasteiger partial charge in [0, 0.05) is 23.7 Å². The highest BCUT2D eigenvalue weighted by molar-refractivity contribution is 8.00. The average molecular weight is 319 g/mol. The predicted molar refractivity (Wildman–Crippen MR) is 79.0 cm³/mol. The molecule has 1 fully saturated rings. The summed E-state index contributed by atoms with van der Waals surface area (Å²) in [5.74, 6) is 0.476. The second-order valence-corrected chi connectivity index (χ2v) is 6.18. The van der Waals surface area contributed by atoms with E-state index in [4.69, 9.17) is 23.2 Å². The Morgan fingerprint density at radius 2 is 2.26 bits per heavy atom. The number of carbonyl (C=O) groups is 2. The fourth-order valence-corrected chi connectivity index (χ4v) is 3.02. The third kappa shape index (κ3) is 4.03. The molecule has 2 N–H and O–H groups in total. The van der Waals surface area contributed by atoms with Gasteiger partial charge < -0.3 is 10.6 Å². The number of hydrogen-bond donors (Lipinski definition) is 2. The minimum Gasteiger partial charge on any atom is -0.354 e. The third-order valence-corrected chi connectivity index (χ3v) is 4.37. The molecule has 1 aliphatic rings. The molecule has 1 atom stereocenters. The van der Waals surface area contributed by atoms with Crippen molar-refractivity contribution in [1.29, 1.82) is 0 Å². The van der Waals surface area contributed by atoms with E-state index >= 15 is 0 Å². The molecular weight excluding hydrogens is 307 g/mol. The molecule has 0 aromatic heterocycles. The van der Waals surface area contributed by atoms with Crippen molar-refractivity contribution in [3.63, 3.8) is 0 Å². The van der Waals surface area contributed by atoms with Gasteiger partial charge in [0.05, 0.1) is 16.0 Å². The number of carbonyl (C=O) groups excluding carboxylic acids is 2. The van der Waals surface area contributed by atoms with Gasteiger partial charge >= 0.3 is 0 Å². The van der Waals surface area contributed by atoms with E-state index in [1.165, 1.54) is 11.8 Å². The molecule has 19 heavy (non-hydrogen) atoms. The number of benzene rings is 1. The normalized spacial score (nSPS) is 18.8. The fourth-order valence-electron chi connectivity index (χ4n) is 1.68. The Balaban J connectivity index is 1.97. The Hall–Kier alpha value is -0.910. The topological polar surface area (TPSA) is 58.2 Å². The van der Waals surface area contributed by atoms with Crippen LogP contribution in [-0.4, -0.2) is 29.4 Å². The highest BCUT2D eigenvalue weighted by atomic mass is 35.5. The summed E-state index contributed by atoms with van der Waals surface area (Å²) >= 11 is 13.3. The second-order valence-electron chi connectivity index (χ2n) is 4.03. The van der Waals surface area contributed by atoms with Gasteiger partial charge in [0.15, 0.2) is 0 Å².